The number of rotatable bonds is 4. The Morgan fingerprint density at radius 2 is 1.88 bits per heavy atom. The van der Waals surface area contributed by atoms with E-state index in [1.807, 2.05) is 43.4 Å². The zero-order valence-electron chi connectivity index (χ0n) is 14.2. The first-order chi connectivity index (χ1) is 12.2. The lowest BCUT2D eigenvalue weighted by Crippen LogP contribution is -1.91. The first kappa shape index (κ1) is 15.3. The Balaban J connectivity index is 1.63. The van der Waals surface area contributed by atoms with Crippen molar-refractivity contribution in [3.8, 4) is 22.8 Å². The van der Waals surface area contributed by atoms with Crippen LogP contribution in [0, 0.1) is 0 Å². The Morgan fingerprint density at radius 1 is 1.04 bits per heavy atom. The molecule has 2 aromatic heterocycles. The standard InChI is InChI=1S/C20H18N4O/c1-3-14-5-4-6-17(11-14)25-16-9-7-15(8-10-16)19-18-12-21-13-22-20(18)24(2)23-19/h4-13H,3H2,1-2H3. The van der Waals surface area contributed by atoms with Crippen molar-refractivity contribution in [1.82, 2.24) is 19.7 Å². The highest BCUT2D eigenvalue weighted by Gasteiger charge is 2.11. The van der Waals surface area contributed by atoms with E-state index in [2.05, 4.69) is 34.1 Å². The summed E-state index contributed by atoms with van der Waals surface area (Å²) >= 11 is 0. The second-order valence-corrected chi connectivity index (χ2v) is 5.86. The molecule has 0 bridgehead atoms. The third-order valence-electron chi connectivity index (χ3n) is 4.17. The molecule has 0 atom stereocenters. The van der Waals surface area contributed by atoms with Crippen molar-refractivity contribution < 1.29 is 4.74 Å². The van der Waals surface area contributed by atoms with Gasteiger partial charge >= 0.3 is 0 Å². The summed E-state index contributed by atoms with van der Waals surface area (Å²) in [5.74, 6) is 1.65. The number of aryl methyl sites for hydroxylation is 2. The summed E-state index contributed by atoms with van der Waals surface area (Å²) in [4.78, 5) is 8.39. The molecular formula is C20H18N4O. The number of benzene rings is 2. The largest absolute Gasteiger partial charge is 0.457 e. The Kier molecular flexibility index (Phi) is 3.90. The van der Waals surface area contributed by atoms with E-state index in [1.54, 1.807) is 10.9 Å². The van der Waals surface area contributed by atoms with E-state index < -0.39 is 0 Å². The van der Waals surface area contributed by atoms with Gasteiger partial charge in [0.05, 0.1) is 5.39 Å². The highest BCUT2D eigenvalue weighted by atomic mass is 16.5. The van der Waals surface area contributed by atoms with Crippen LogP contribution in [0.15, 0.2) is 61.1 Å². The molecule has 124 valence electrons. The molecule has 0 N–H and O–H groups in total. The fourth-order valence-corrected chi connectivity index (χ4v) is 2.86. The van der Waals surface area contributed by atoms with Gasteiger partial charge in [-0.15, -0.1) is 0 Å². The highest BCUT2D eigenvalue weighted by molar-refractivity contribution is 5.90. The molecule has 0 spiro atoms. The number of fused-ring (bicyclic) bond motifs is 1. The summed E-state index contributed by atoms with van der Waals surface area (Å²) in [6, 6.07) is 16.1. The van der Waals surface area contributed by atoms with Crippen LogP contribution in [-0.4, -0.2) is 19.7 Å². The van der Waals surface area contributed by atoms with Crippen molar-refractivity contribution in [1.29, 1.82) is 0 Å². The topological polar surface area (TPSA) is 52.8 Å². The second kappa shape index (κ2) is 6.36. The number of hydrogen-bond donors (Lipinski definition) is 0. The Morgan fingerprint density at radius 3 is 2.68 bits per heavy atom. The molecule has 0 saturated carbocycles. The number of ether oxygens (including phenoxy) is 1. The van der Waals surface area contributed by atoms with Crippen molar-refractivity contribution in [2.75, 3.05) is 0 Å². The zero-order chi connectivity index (χ0) is 17.2. The van der Waals surface area contributed by atoms with Gasteiger partial charge in [0, 0.05) is 18.8 Å². The molecule has 5 nitrogen and oxygen atoms in total. The molecule has 0 unspecified atom stereocenters. The minimum Gasteiger partial charge on any atom is -0.457 e. The molecule has 0 aliphatic rings. The predicted octanol–water partition coefficient (Wildman–Crippen LogP) is 4.39. The molecule has 2 heterocycles. The van der Waals surface area contributed by atoms with Gasteiger partial charge in [-0.3, -0.25) is 0 Å². The van der Waals surface area contributed by atoms with Crippen molar-refractivity contribution in [2.45, 2.75) is 13.3 Å². The molecule has 0 fully saturated rings. The molecule has 4 rings (SSSR count). The summed E-state index contributed by atoms with van der Waals surface area (Å²) in [5.41, 5.74) is 3.96. The van der Waals surface area contributed by atoms with Crippen molar-refractivity contribution in [2.24, 2.45) is 7.05 Å². The van der Waals surface area contributed by atoms with Gasteiger partial charge in [-0.05, 0) is 48.4 Å². The van der Waals surface area contributed by atoms with Gasteiger partial charge in [0.15, 0.2) is 5.65 Å². The highest BCUT2D eigenvalue weighted by Crippen LogP contribution is 2.29. The lowest BCUT2D eigenvalue weighted by Gasteiger charge is -2.07. The van der Waals surface area contributed by atoms with Gasteiger partial charge in [-0.2, -0.15) is 5.10 Å². The fraction of sp³-hybridized carbons (Fsp3) is 0.150. The second-order valence-electron chi connectivity index (χ2n) is 5.86. The van der Waals surface area contributed by atoms with Crippen LogP contribution in [0.25, 0.3) is 22.3 Å². The maximum atomic E-state index is 5.95. The smallest absolute Gasteiger partial charge is 0.161 e. The molecule has 0 amide bonds. The first-order valence-electron chi connectivity index (χ1n) is 8.24. The number of aromatic nitrogens is 4. The Labute approximate surface area is 145 Å². The van der Waals surface area contributed by atoms with Crippen molar-refractivity contribution in [3.05, 3.63) is 66.6 Å². The van der Waals surface area contributed by atoms with E-state index in [9.17, 15) is 0 Å². The van der Waals surface area contributed by atoms with E-state index in [1.165, 1.54) is 11.9 Å². The fourth-order valence-electron chi connectivity index (χ4n) is 2.86. The first-order valence-corrected chi connectivity index (χ1v) is 8.24. The van der Waals surface area contributed by atoms with Gasteiger partial charge in [-0.1, -0.05) is 19.1 Å². The lowest BCUT2D eigenvalue weighted by atomic mass is 10.1. The van der Waals surface area contributed by atoms with Crippen molar-refractivity contribution >= 4 is 11.0 Å². The molecule has 0 aliphatic carbocycles. The lowest BCUT2D eigenvalue weighted by molar-refractivity contribution is 0.482. The monoisotopic (exact) mass is 330 g/mol. The molecule has 5 heteroatoms. The molecule has 0 saturated heterocycles. The Bertz CT molecular complexity index is 1020. The maximum Gasteiger partial charge on any atom is 0.161 e. The van der Waals surface area contributed by atoms with Gasteiger partial charge in [0.1, 0.15) is 23.5 Å². The van der Waals surface area contributed by atoms with Crippen LogP contribution >= 0.6 is 0 Å². The summed E-state index contributed by atoms with van der Waals surface area (Å²) in [6.07, 6.45) is 4.32. The van der Waals surface area contributed by atoms with E-state index in [0.29, 0.717) is 0 Å². The van der Waals surface area contributed by atoms with Crippen LogP contribution in [0.1, 0.15) is 12.5 Å². The summed E-state index contributed by atoms with van der Waals surface area (Å²) in [5, 5.41) is 5.51. The van der Waals surface area contributed by atoms with Gasteiger partial charge in [0.25, 0.3) is 0 Å². The third-order valence-corrected chi connectivity index (χ3v) is 4.17. The average molecular weight is 330 g/mol. The summed E-state index contributed by atoms with van der Waals surface area (Å²) in [6.45, 7) is 2.13. The summed E-state index contributed by atoms with van der Waals surface area (Å²) < 4.78 is 7.72. The van der Waals surface area contributed by atoms with Crippen molar-refractivity contribution in [3.63, 3.8) is 0 Å². The van der Waals surface area contributed by atoms with Crippen LogP contribution in [0.4, 0.5) is 0 Å². The molecule has 0 radical (unpaired) electrons. The number of nitrogens with zero attached hydrogens (tertiary/aromatic N) is 4. The van der Waals surface area contributed by atoms with E-state index in [0.717, 1.165) is 40.2 Å². The molecule has 2 aromatic carbocycles. The van der Waals surface area contributed by atoms with Gasteiger partial charge in [0.2, 0.25) is 0 Å². The van der Waals surface area contributed by atoms with E-state index >= 15 is 0 Å². The van der Waals surface area contributed by atoms with Crippen LogP contribution in [0.5, 0.6) is 11.5 Å². The SMILES string of the molecule is CCc1cccc(Oc2ccc(-c3nn(C)c4ncncc34)cc2)c1. The molecular weight excluding hydrogens is 312 g/mol. The molecule has 4 aromatic rings. The van der Waals surface area contributed by atoms with Crippen LogP contribution < -0.4 is 4.74 Å². The van der Waals surface area contributed by atoms with E-state index in [-0.39, 0.29) is 0 Å². The molecule has 25 heavy (non-hydrogen) atoms. The predicted molar refractivity (Wildman–Crippen MR) is 97.6 cm³/mol. The maximum absolute atomic E-state index is 5.95. The minimum absolute atomic E-state index is 0.800. The van der Waals surface area contributed by atoms with Crippen LogP contribution in [0.2, 0.25) is 0 Å². The quantitative estimate of drug-likeness (QED) is 0.557. The van der Waals surface area contributed by atoms with Gasteiger partial charge in [-0.25, -0.2) is 14.6 Å². The van der Waals surface area contributed by atoms with E-state index in [4.69, 9.17) is 4.74 Å². The normalized spacial score (nSPS) is 11.0. The minimum atomic E-state index is 0.800. The number of hydrogen-bond acceptors (Lipinski definition) is 4. The van der Waals surface area contributed by atoms with Crippen LogP contribution in [-0.2, 0) is 13.5 Å². The summed E-state index contributed by atoms with van der Waals surface area (Å²) in [7, 11) is 1.89. The molecule has 0 aliphatic heterocycles. The average Bonchev–Trinajstić information content (AvgIpc) is 3.00. The Hall–Kier alpha value is -3.21. The van der Waals surface area contributed by atoms with Crippen LogP contribution in [0.3, 0.4) is 0 Å². The van der Waals surface area contributed by atoms with Gasteiger partial charge < -0.3 is 4.74 Å². The third kappa shape index (κ3) is 2.96. The zero-order valence-corrected chi connectivity index (χ0v) is 14.2.